The van der Waals surface area contributed by atoms with Gasteiger partial charge in [0.15, 0.2) is 0 Å². The molecule has 1 aromatic rings. The molecule has 0 atom stereocenters. The number of rotatable bonds is 1. The van der Waals surface area contributed by atoms with Gasteiger partial charge in [-0.15, -0.1) is 0 Å². The number of aromatic nitrogens is 1. The number of nitrogens with one attached hydrogen (secondary N) is 1. The lowest BCUT2D eigenvalue weighted by Crippen LogP contribution is -2.31. The van der Waals surface area contributed by atoms with Gasteiger partial charge in [-0.25, -0.2) is 9.78 Å². The lowest BCUT2D eigenvalue weighted by molar-refractivity contribution is 0.0696. The summed E-state index contributed by atoms with van der Waals surface area (Å²) in [5, 5.41) is 11.9. The number of likely N-dealkylation sites (N-methyl/N-ethyl adjacent to an activating group) is 1. The Hall–Kier alpha value is -1.78. The molecule has 2 heterocycles. The van der Waals surface area contributed by atoms with E-state index in [4.69, 9.17) is 5.11 Å². The molecular weight excluding hydrogens is 182 g/mol. The van der Waals surface area contributed by atoms with Gasteiger partial charge in [0.1, 0.15) is 5.82 Å². The number of aromatic carboxylic acids is 1. The van der Waals surface area contributed by atoms with Gasteiger partial charge in [-0.05, 0) is 6.07 Å². The second-order valence-corrected chi connectivity index (χ2v) is 3.25. The van der Waals surface area contributed by atoms with Gasteiger partial charge < -0.3 is 15.3 Å². The molecular formula is C9H11N3O2. The molecule has 0 saturated heterocycles. The summed E-state index contributed by atoms with van der Waals surface area (Å²) >= 11 is 0. The van der Waals surface area contributed by atoms with Crippen LogP contribution in [0.2, 0.25) is 0 Å². The first-order valence-electron chi connectivity index (χ1n) is 4.37. The maximum absolute atomic E-state index is 10.7. The summed E-state index contributed by atoms with van der Waals surface area (Å²) in [6, 6.07) is 1.64. The predicted octanol–water partition coefficient (Wildman–Crippen LogP) is 0.641. The molecule has 0 aromatic carbocycles. The fourth-order valence-electron chi connectivity index (χ4n) is 1.46. The van der Waals surface area contributed by atoms with Crippen LogP contribution in [-0.4, -0.2) is 36.2 Å². The van der Waals surface area contributed by atoms with Crippen LogP contribution in [-0.2, 0) is 0 Å². The van der Waals surface area contributed by atoms with Gasteiger partial charge in [-0.1, -0.05) is 0 Å². The van der Waals surface area contributed by atoms with Crippen molar-refractivity contribution < 1.29 is 9.90 Å². The summed E-state index contributed by atoms with van der Waals surface area (Å²) in [5.74, 6) is -0.192. The average molecular weight is 193 g/mol. The third kappa shape index (κ3) is 1.37. The third-order valence-electron chi connectivity index (χ3n) is 2.27. The number of hydrogen-bond acceptors (Lipinski definition) is 4. The molecule has 1 aliphatic rings. The Morgan fingerprint density at radius 3 is 3.21 bits per heavy atom. The van der Waals surface area contributed by atoms with E-state index in [9.17, 15) is 4.79 Å². The van der Waals surface area contributed by atoms with E-state index < -0.39 is 5.97 Å². The molecule has 0 fully saturated rings. The molecule has 0 aliphatic carbocycles. The molecule has 2 rings (SSSR count). The van der Waals surface area contributed by atoms with Gasteiger partial charge in [0.25, 0.3) is 0 Å². The molecule has 0 radical (unpaired) electrons. The van der Waals surface area contributed by atoms with Crippen molar-refractivity contribution in [1.82, 2.24) is 4.98 Å². The quantitative estimate of drug-likeness (QED) is 0.685. The predicted molar refractivity (Wildman–Crippen MR) is 53.0 cm³/mol. The highest BCUT2D eigenvalue weighted by Gasteiger charge is 2.16. The van der Waals surface area contributed by atoms with Gasteiger partial charge >= 0.3 is 5.97 Å². The molecule has 74 valence electrons. The van der Waals surface area contributed by atoms with E-state index in [1.165, 1.54) is 6.20 Å². The van der Waals surface area contributed by atoms with Crippen LogP contribution in [0.25, 0.3) is 0 Å². The molecule has 0 unspecified atom stereocenters. The number of fused-ring (bicyclic) bond motifs is 1. The first-order valence-corrected chi connectivity index (χ1v) is 4.37. The smallest absolute Gasteiger partial charge is 0.337 e. The highest BCUT2D eigenvalue weighted by molar-refractivity contribution is 5.89. The summed E-state index contributed by atoms with van der Waals surface area (Å²) in [7, 11) is 1.92. The van der Waals surface area contributed by atoms with Crippen LogP contribution in [0.5, 0.6) is 0 Å². The normalized spacial score (nSPS) is 14.5. The van der Waals surface area contributed by atoms with Gasteiger partial charge in [-0.2, -0.15) is 0 Å². The van der Waals surface area contributed by atoms with Crippen molar-refractivity contribution in [3.05, 3.63) is 17.8 Å². The fraction of sp³-hybridized carbons (Fsp3) is 0.333. The Bertz CT molecular complexity index is 378. The van der Waals surface area contributed by atoms with Crippen molar-refractivity contribution >= 4 is 17.5 Å². The zero-order valence-corrected chi connectivity index (χ0v) is 7.82. The van der Waals surface area contributed by atoms with Crippen LogP contribution >= 0.6 is 0 Å². The minimum atomic E-state index is -0.945. The van der Waals surface area contributed by atoms with Crippen molar-refractivity contribution in [1.29, 1.82) is 0 Å². The van der Waals surface area contributed by atoms with Crippen molar-refractivity contribution in [3.8, 4) is 0 Å². The number of hydrogen-bond donors (Lipinski definition) is 2. The Labute approximate surface area is 81.4 Å². The SMILES string of the molecule is CN1CCNc2ncc(C(=O)O)cc21. The van der Waals surface area contributed by atoms with E-state index >= 15 is 0 Å². The number of carbonyl (C=O) groups is 1. The topological polar surface area (TPSA) is 65.5 Å². The summed E-state index contributed by atoms with van der Waals surface area (Å²) in [4.78, 5) is 16.8. The number of nitrogens with zero attached hydrogens (tertiary/aromatic N) is 2. The molecule has 0 bridgehead atoms. The zero-order valence-electron chi connectivity index (χ0n) is 7.82. The van der Waals surface area contributed by atoms with Crippen LogP contribution in [0.15, 0.2) is 12.3 Å². The van der Waals surface area contributed by atoms with E-state index in [2.05, 4.69) is 10.3 Å². The van der Waals surface area contributed by atoms with Crippen molar-refractivity contribution in [2.24, 2.45) is 0 Å². The summed E-state index contributed by atoms with van der Waals surface area (Å²) in [6.45, 7) is 1.70. The first-order chi connectivity index (χ1) is 6.68. The van der Waals surface area contributed by atoms with E-state index in [0.29, 0.717) is 0 Å². The van der Waals surface area contributed by atoms with Crippen molar-refractivity contribution in [2.75, 3.05) is 30.4 Å². The van der Waals surface area contributed by atoms with Gasteiger partial charge in [0.2, 0.25) is 0 Å². The van der Waals surface area contributed by atoms with E-state index in [1.54, 1.807) is 6.07 Å². The van der Waals surface area contributed by atoms with E-state index in [-0.39, 0.29) is 5.56 Å². The van der Waals surface area contributed by atoms with Crippen molar-refractivity contribution in [2.45, 2.75) is 0 Å². The lowest BCUT2D eigenvalue weighted by atomic mass is 10.2. The Kier molecular flexibility index (Phi) is 1.99. The second-order valence-electron chi connectivity index (χ2n) is 3.25. The number of carboxylic acids is 1. The number of anilines is 2. The highest BCUT2D eigenvalue weighted by Crippen LogP contribution is 2.26. The maximum Gasteiger partial charge on any atom is 0.337 e. The van der Waals surface area contributed by atoms with Crippen LogP contribution in [0, 0.1) is 0 Å². The minimum absolute atomic E-state index is 0.222. The molecule has 0 amide bonds. The molecule has 1 aliphatic heterocycles. The van der Waals surface area contributed by atoms with Gasteiger partial charge in [0, 0.05) is 26.3 Å². The molecule has 2 N–H and O–H groups in total. The average Bonchev–Trinajstić information content (AvgIpc) is 2.18. The number of pyridine rings is 1. The first kappa shape index (κ1) is 8.80. The summed E-state index contributed by atoms with van der Waals surface area (Å²) < 4.78 is 0. The second kappa shape index (κ2) is 3.17. The lowest BCUT2D eigenvalue weighted by Gasteiger charge is -2.27. The van der Waals surface area contributed by atoms with E-state index in [1.807, 2.05) is 11.9 Å². The Morgan fingerprint density at radius 1 is 1.71 bits per heavy atom. The molecule has 0 saturated carbocycles. The van der Waals surface area contributed by atoms with Crippen LogP contribution in [0.4, 0.5) is 11.5 Å². The molecule has 5 heteroatoms. The molecule has 1 aromatic heterocycles. The van der Waals surface area contributed by atoms with Crippen LogP contribution in [0.1, 0.15) is 10.4 Å². The van der Waals surface area contributed by atoms with Crippen molar-refractivity contribution in [3.63, 3.8) is 0 Å². The largest absolute Gasteiger partial charge is 0.478 e. The van der Waals surface area contributed by atoms with E-state index in [0.717, 1.165) is 24.6 Å². The van der Waals surface area contributed by atoms with Crippen LogP contribution in [0.3, 0.4) is 0 Å². The molecule has 14 heavy (non-hydrogen) atoms. The summed E-state index contributed by atoms with van der Waals surface area (Å²) in [6.07, 6.45) is 1.37. The maximum atomic E-state index is 10.7. The Morgan fingerprint density at radius 2 is 2.50 bits per heavy atom. The van der Waals surface area contributed by atoms with Crippen LogP contribution < -0.4 is 10.2 Å². The monoisotopic (exact) mass is 193 g/mol. The van der Waals surface area contributed by atoms with Gasteiger partial charge in [0.05, 0.1) is 11.3 Å². The Balaban J connectivity index is 2.45. The zero-order chi connectivity index (χ0) is 10.1. The fourth-order valence-corrected chi connectivity index (χ4v) is 1.46. The highest BCUT2D eigenvalue weighted by atomic mass is 16.4. The molecule has 0 spiro atoms. The standard InChI is InChI=1S/C9H11N3O2/c1-12-3-2-10-8-7(12)4-6(5-11-8)9(13)14/h4-5H,2-3H2,1H3,(H,10,11)(H,13,14). The summed E-state index contributed by atoms with van der Waals surface area (Å²) in [5.41, 5.74) is 1.07. The number of carboxylic acid groups (broad SMARTS) is 1. The molecule has 5 nitrogen and oxygen atoms in total. The third-order valence-corrected chi connectivity index (χ3v) is 2.27. The minimum Gasteiger partial charge on any atom is -0.478 e. The van der Waals surface area contributed by atoms with Gasteiger partial charge in [-0.3, -0.25) is 0 Å².